The van der Waals surface area contributed by atoms with Gasteiger partial charge in [-0.25, -0.2) is 0 Å². The Bertz CT molecular complexity index is 363. The second-order valence-corrected chi connectivity index (χ2v) is 2.91. The molecule has 0 saturated carbocycles. The third-order valence-electron chi connectivity index (χ3n) is 1.60. The van der Waals surface area contributed by atoms with Gasteiger partial charge in [0, 0.05) is 0 Å². The van der Waals surface area contributed by atoms with Gasteiger partial charge in [-0.2, -0.15) is 5.26 Å². The molecule has 0 saturated heterocycles. The van der Waals surface area contributed by atoms with E-state index < -0.39 is 0 Å². The third kappa shape index (κ3) is 2.96. The number of rotatable bonds is 2. The van der Waals surface area contributed by atoms with E-state index in [1.54, 1.807) is 12.1 Å². The summed E-state index contributed by atoms with van der Waals surface area (Å²) in [6, 6.07) is 9.51. The van der Waals surface area contributed by atoms with Crippen LogP contribution in [0.3, 0.4) is 0 Å². The molecule has 0 aliphatic rings. The maximum absolute atomic E-state index is 8.56. The first-order chi connectivity index (χ1) is 6.22. The second kappa shape index (κ2) is 4.27. The summed E-state index contributed by atoms with van der Waals surface area (Å²) in [5.74, 6) is 0. The van der Waals surface area contributed by atoms with E-state index in [4.69, 9.17) is 5.26 Å². The van der Waals surface area contributed by atoms with Crippen LogP contribution < -0.4 is 0 Å². The quantitative estimate of drug-likeness (QED) is 0.624. The Morgan fingerprint density at radius 1 is 1.38 bits per heavy atom. The van der Waals surface area contributed by atoms with Gasteiger partial charge in [-0.3, -0.25) is 0 Å². The minimum Gasteiger partial charge on any atom is -0.192 e. The molecule has 1 rings (SSSR count). The summed E-state index contributed by atoms with van der Waals surface area (Å²) in [7, 11) is 0. The normalized spacial score (nSPS) is 9.85. The Morgan fingerprint density at radius 3 is 2.46 bits per heavy atom. The molecule has 1 aromatic carbocycles. The molecule has 0 atom stereocenters. The number of benzene rings is 1. The molecule has 0 N–H and O–H groups in total. The zero-order chi connectivity index (χ0) is 9.68. The Labute approximate surface area is 78.6 Å². The predicted molar refractivity (Wildman–Crippen MR) is 55.0 cm³/mol. The van der Waals surface area contributed by atoms with E-state index in [2.05, 4.69) is 12.6 Å². The van der Waals surface area contributed by atoms with Crippen molar-refractivity contribution in [1.29, 1.82) is 5.26 Å². The topological polar surface area (TPSA) is 23.8 Å². The maximum atomic E-state index is 8.56. The average molecular weight is 169 g/mol. The van der Waals surface area contributed by atoms with Gasteiger partial charge in [0.05, 0.1) is 11.6 Å². The molecular formula is C12H11N. The van der Waals surface area contributed by atoms with E-state index in [1.807, 2.05) is 31.2 Å². The van der Waals surface area contributed by atoms with Gasteiger partial charge in [0.25, 0.3) is 0 Å². The van der Waals surface area contributed by atoms with Crippen molar-refractivity contribution in [3.05, 3.63) is 53.6 Å². The van der Waals surface area contributed by atoms with Gasteiger partial charge in [0.1, 0.15) is 0 Å². The summed E-state index contributed by atoms with van der Waals surface area (Å²) in [6.07, 6.45) is 3.92. The molecule has 13 heavy (non-hydrogen) atoms. The number of nitriles is 1. The summed E-state index contributed by atoms with van der Waals surface area (Å²) in [5, 5.41) is 8.56. The van der Waals surface area contributed by atoms with E-state index in [0.29, 0.717) is 5.56 Å². The van der Waals surface area contributed by atoms with Crippen molar-refractivity contribution in [3.63, 3.8) is 0 Å². The van der Waals surface area contributed by atoms with Crippen LogP contribution in [-0.4, -0.2) is 0 Å². The summed E-state index contributed by atoms with van der Waals surface area (Å²) < 4.78 is 0. The fraction of sp³-hybridized carbons (Fsp3) is 0.0833. The van der Waals surface area contributed by atoms with Crippen molar-refractivity contribution in [2.45, 2.75) is 6.92 Å². The van der Waals surface area contributed by atoms with E-state index in [0.717, 1.165) is 11.1 Å². The molecule has 0 aliphatic heterocycles. The molecule has 0 heterocycles. The van der Waals surface area contributed by atoms with Crippen LogP contribution in [0.4, 0.5) is 0 Å². The summed E-state index contributed by atoms with van der Waals surface area (Å²) >= 11 is 0. The highest BCUT2D eigenvalue weighted by atomic mass is 14.2. The molecule has 0 aliphatic carbocycles. The second-order valence-electron chi connectivity index (χ2n) is 2.91. The predicted octanol–water partition coefficient (Wildman–Crippen LogP) is 3.15. The molecule has 0 bridgehead atoms. The van der Waals surface area contributed by atoms with Crippen LogP contribution >= 0.6 is 0 Å². The first kappa shape index (κ1) is 9.28. The Morgan fingerprint density at radius 2 is 2.00 bits per heavy atom. The lowest BCUT2D eigenvalue weighted by atomic mass is 10.1. The largest absolute Gasteiger partial charge is 0.192 e. The van der Waals surface area contributed by atoms with E-state index in [1.165, 1.54) is 0 Å². The average Bonchev–Trinajstić information content (AvgIpc) is 2.15. The van der Waals surface area contributed by atoms with Crippen LogP contribution in [0.15, 0.2) is 42.5 Å². The first-order valence-corrected chi connectivity index (χ1v) is 4.06. The summed E-state index contributed by atoms with van der Waals surface area (Å²) in [5.41, 5.74) is 2.79. The lowest BCUT2D eigenvalue weighted by Gasteiger charge is -1.92. The van der Waals surface area contributed by atoms with Crippen LogP contribution in [0.25, 0.3) is 6.08 Å². The standard InChI is InChI=1S/C12H11N/c1-10(2)3-4-11-5-7-12(9-13)8-6-11/h3-8H,1H2,2H3. The van der Waals surface area contributed by atoms with Gasteiger partial charge in [0.15, 0.2) is 0 Å². The monoisotopic (exact) mass is 169 g/mol. The Hall–Kier alpha value is -1.81. The zero-order valence-electron chi connectivity index (χ0n) is 7.62. The highest BCUT2D eigenvalue weighted by Crippen LogP contribution is 2.06. The number of hydrogen-bond acceptors (Lipinski definition) is 1. The lowest BCUT2D eigenvalue weighted by molar-refractivity contribution is 1.48. The van der Waals surface area contributed by atoms with Gasteiger partial charge in [-0.1, -0.05) is 36.4 Å². The Kier molecular flexibility index (Phi) is 3.05. The van der Waals surface area contributed by atoms with Crippen LogP contribution in [0.2, 0.25) is 0 Å². The molecule has 0 amide bonds. The van der Waals surface area contributed by atoms with Gasteiger partial charge in [-0.05, 0) is 24.6 Å². The summed E-state index contributed by atoms with van der Waals surface area (Å²) in [4.78, 5) is 0. The van der Waals surface area contributed by atoms with Gasteiger partial charge in [0.2, 0.25) is 0 Å². The molecule has 0 unspecified atom stereocenters. The van der Waals surface area contributed by atoms with Crippen LogP contribution in [-0.2, 0) is 0 Å². The lowest BCUT2D eigenvalue weighted by Crippen LogP contribution is -1.74. The maximum Gasteiger partial charge on any atom is 0.0991 e. The van der Waals surface area contributed by atoms with Crippen LogP contribution in [0.5, 0.6) is 0 Å². The molecule has 64 valence electrons. The van der Waals surface area contributed by atoms with Crippen molar-refractivity contribution in [2.75, 3.05) is 0 Å². The van der Waals surface area contributed by atoms with Crippen molar-refractivity contribution < 1.29 is 0 Å². The highest BCUT2D eigenvalue weighted by molar-refractivity contribution is 5.53. The van der Waals surface area contributed by atoms with Gasteiger partial charge in [-0.15, -0.1) is 0 Å². The van der Waals surface area contributed by atoms with Crippen molar-refractivity contribution in [1.82, 2.24) is 0 Å². The number of hydrogen-bond donors (Lipinski definition) is 0. The minimum atomic E-state index is 0.687. The number of nitrogens with zero attached hydrogens (tertiary/aromatic N) is 1. The number of allylic oxidation sites excluding steroid dienone is 2. The van der Waals surface area contributed by atoms with Crippen LogP contribution in [0.1, 0.15) is 18.1 Å². The molecule has 0 fully saturated rings. The smallest absolute Gasteiger partial charge is 0.0991 e. The zero-order valence-corrected chi connectivity index (χ0v) is 7.62. The van der Waals surface area contributed by atoms with Gasteiger partial charge < -0.3 is 0 Å². The first-order valence-electron chi connectivity index (χ1n) is 4.06. The molecule has 1 aromatic rings. The molecule has 1 nitrogen and oxygen atoms in total. The van der Waals surface area contributed by atoms with Crippen LogP contribution in [0, 0.1) is 11.3 Å². The third-order valence-corrected chi connectivity index (χ3v) is 1.60. The van der Waals surface area contributed by atoms with E-state index in [9.17, 15) is 0 Å². The Balaban J connectivity index is 2.82. The van der Waals surface area contributed by atoms with E-state index in [-0.39, 0.29) is 0 Å². The van der Waals surface area contributed by atoms with Gasteiger partial charge >= 0.3 is 0 Å². The fourth-order valence-electron chi connectivity index (χ4n) is 0.907. The molecular weight excluding hydrogens is 158 g/mol. The molecule has 0 radical (unpaired) electrons. The highest BCUT2D eigenvalue weighted by Gasteiger charge is 1.88. The van der Waals surface area contributed by atoms with E-state index >= 15 is 0 Å². The molecule has 1 heteroatoms. The molecule has 0 spiro atoms. The van der Waals surface area contributed by atoms with Crippen molar-refractivity contribution in [3.8, 4) is 6.07 Å². The summed E-state index contributed by atoms with van der Waals surface area (Å²) in [6.45, 7) is 5.71. The fourth-order valence-corrected chi connectivity index (χ4v) is 0.907. The van der Waals surface area contributed by atoms with Crippen molar-refractivity contribution >= 4 is 6.08 Å². The minimum absolute atomic E-state index is 0.687. The molecule has 0 aromatic heterocycles. The SMILES string of the molecule is C=C(C)C=Cc1ccc(C#N)cc1. The van der Waals surface area contributed by atoms with Crippen molar-refractivity contribution in [2.24, 2.45) is 0 Å².